The minimum atomic E-state index is -0.284. The van der Waals surface area contributed by atoms with Crippen molar-refractivity contribution in [1.82, 2.24) is 24.7 Å². The molecule has 0 aliphatic heterocycles. The van der Waals surface area contributed by atoms with Crippen molar-refractivity contribution in [3.63, 3.8) is 0 Å². The first-order chi connectivity index (χ1) is 16.5. The van der Waals surface area contributed by atoms with Gasteiger partial charge in [-0.15, -0.1) is 10.2 Å². The summed E-state index contributed by atoms with van der Waals surface area (Å²) in [5, 5.41) is 14.4. The molecule has 1 amide bonds. The van der Waals surface area contributed by atoms with Gasteiger partial charge in [0.25, 0.3) is 5.91 Å². The molecule has 0 spiro atoms. The molecule has 168 valence electrons. The van der Waals surface area contributed by atoms with Gasteiger partial charge in [0.1, 0.15) is 5.69 Å². The van der Waals surface area contributed by atoms with Crippen LogP contribution in [0.4, 0.5) is 0 Å². The van der Waals surface area contributed by atoms with Crippen LogP contribution < -0.4 is 0 Å². The quantitative estimate of drug-likeness (QED) is 0.303. The summed E-state index contributed by atoms with van der Waals surface area (Å²) < 4.78 is 1.47. The standard InChI is InChI=1S/C26H19Cl2N5O/c1-32(16-17-7-3-2-4-8-17)26(34)25-30-29-23-15-21(18-11-13-19(27)14-12-18)24(31-33(23)25)20-9-5-6-10-22(20)28/h2-15H,16H2,1H3. The largest absolute Gasteiger partial charge is 0.335 e. The third kappa shape index (κ3) is 4.25. The fourth-order valence-corrected chi connectivity index (χ4v) is 4.12. The SMILES string of the molecule is CN(Cc1ccccc1)C(=O)c1nnc2cc(-c3ccc(Cl)cc3)c(-c3ccccc3Cl)nn12. The van der Waals surface area contributed by atoms with E-state index >= 15 is 0 Å². The fraction of sp³-hybridized carbons (Fsp3) is 0.0769. The Balaban J connectivity index is 1.63. The summed E-state index contributed by atoms with van der Waals surface area (Å²) in [6, 6.07) is 26.5. The van der Waals surface area contributed by atoms with Gasteiger partial charge in [-0.3, -0.25) is 4.79 Å². The van der Waals surface area contributed by atoms with Crippen molar-refractivity contribution in [2.45, 2.75) is 6.54 Å². The molecule has 3 aromatic carbocycles. The van der Waals surface area contributed by atoms with Gasteiger partial charge in [-0.1, -0.05) is 83.9 Å². The van der Waals surface area contributed by atoms with Crippen LogP contribution in [0.2, 0.25) is 10.0 Å². The number of carbonyl (C=O) groups is 1. The molecule has 6 nitrogen and oxygen atoms in total. The van der Waals surface area contributed by atoms with Crippen LogP contribution in [0.3, 0.4) is 0 Å². The molecule has 2 aromatic heterocycles. The van der Waals surface area contributed by atoms with E-state index in [1.807, 2.05) is 78.9 Å². The van der Waals surface area contributed by atoms with Gasteiger partial charge in [0.05, 0.1) is 5.02 Å². The number of nitrogens with zero attached hydrogens (tertiary/aromatic N) is 5. The lowest BCUT2D eigenvalue weighted by Gasteiger charge is -2.16. The summed E-state index contributed by atoms with van der Waals surface area (Å²) >= 11 is 12.6. The molecule has 0 fully saturated rings. The zero-order valence-corrected chi connectivity index (χ0v) is 19.7. The third-order valence-electron chi connectivity index (χ3n) is 5.48. The Morgan fingerprint density at radius 2 is 1.59 bits per heavy atom. The van der Waals surface area contributed by atoms with Gasteiger partial charge in [0, 0.05) is 29.7 Å². The highest BCUT2D eigenvalue weighted by Crippen LogP contribution is 2.35. The van der Waals surface area contributed by atoms with Gasteiger partial charge in [0.15, 0.2) is 5.65 Å². The summed E-state index contributed by atoms with van der Waals surface area (Å²) in [7, 11) is 1.73. The number of hydrogen-bond donors (Lipinski definition) is 0. The highest BCUT2D eigenvalue weighted by atomic mass is 35.5. The van der Waals surface area contributed by atoms with Crippen molar-refractivity contribution in [1.29, 1.82) is 0 Å². The Kier molecular flexibility index (Phi) is 6.01. The number of halogens is 2. The lowest BCUT2D eigenvalue weighted by Crippen LogP contribution is -2.28. The van der Waals surface area contributed by atoms with Crippen molar-refractivity contribution in [2.75, 3.05) is 7.05 Å². The van der Waals surface area contributed by atoms with Gasteiger partial charge >= 0.3 is 0 Å². The second kappa shape index (κ2) is 9.25. The molecule has 0 aliphatic rings. The second-order valence-electron chi connectivity index (χ2n) is 7.83. The van der Waals surface area contributed by atoms with Crippen molar-refractivity contribution >= 4 is 34.8 Å². The summed E-state index contributed by atoms with van der Waals surface area (Å²) in [6.07, 6.45) is 0. The Bertz CT molecular complexity index is 1480. The Morgan fingerprint density at radius 3 is 2.32 bits per heavy atom. The Labute approximate surface area is 206 Å². The molecule has 0 bridgehead atoms. The van der Waals surface area contributed by atoms with E-state index in [9.17, 15) is 4.79 Å². The number of fused-ring (bicyclic) bond motifs is 1. The zero-order chi connectivity index (χ0) is 23.7. The molecule has 5 aromatic rings. The summed E-state index contributed by atoms with van der Waals surface area (Å²) in [6.45, 7) is 0.439. The molecule has 5 rings (SSSR count). The van der Waals surface area contributed by atoms with Crippen LogP contribution in [-0.2, 0) is 6.54 Å². The van der Waals surface area contributed by atoms with Gasteiger partial charge in [0.2, 0.25) is 5.82 Å². The highest BCUT2D eigenvalue weighted by molar-refractivity contribution is 6.33. The zero-order valence-electron chi connectivity index (χ0n) is 18.2. The van der Waals surface area contributed by atoms with Crippen molar-refractivity contribution < 1.29 is 4.79 Å². The normalized spacial score (nSPS) is 11.0. The lowest BCUT2D eigenvalue weighted by atomic mass is 10.00. The lowest BCUT2D eigenvalue weighted by molar-refractivity contribution is 0.0770. The maximum atomic E-state index is 13.3. The molecular weight excluding hydrogens is 469 g/mol. The van der Waals surface area contributed by atoms with E-state index < -0.39 is 0 Å². The Hall–Kier alpha value is -3.74. The first-order valence-corrected chi connectivity index (χ1v) is 11.3. The molecule has 0 radical (unpaired) electrons. The molecular formula is C26H19Cl2N5O. The first-order valence-electron chi connectivity index (χ1n) is 10.6. The van der Waals surface area contributed by atoms with E-state index in [1.54, 1.807) is 18.0 Å². The van der Waals surface area contributed by atoms with Crippen LogP contribution in [-0.4, -0.2) is 37.7 Å². The van der Waals surface area contributed by atoms with Crippen LogP contribution in [0, 0.1) is 0 Å². The number of benzene rings is 3. The molecule has 34 heavy (non-hydrogen) atoms. The number of aromatic nitrogens is 4. The molecule has 0 unspecified atom stereocenters. The van der Waals surface area contributed by atoms with Crippen LogP contribution >= 0.6 is 23.2 Å². The van der Waals surface area contributed by atoms with Crippen molar-refractivity contribution in [2.24, 2.45) is 0 Å². The molecule has 0 saturated carbocycles. The van der Waals surface area contributed by atoms with E-state index in [0.717, 1.165) is 22.3 Å². The molecule has 0 aliphatic carbocycles. The third-order valence-corrected chi connectivity index (χ3v) is 6.06. The smallest absolute Gasteiger partial charge is 0.293 e. The maximum absolute atomic E-state index is 13.3. The van der Waals surface area contributed by atoms with Crippen LogP contribution in [0.15, 0.2) is 84.9 Å². The fourth-order valence-electron chi connectivity index (χ4n) is 3.77. The average molecular weight is 488 g/mol. The molecule has 2 heterocycles. The number of hydrogen-bond acceptors (Lipinski definition) is 4. The summed E-state index contributed by atoms with van der Waals surface area (Å²) in [5.41, 5.74) is 4.52. The topological polar surface area (TPSA) is 63.4 Å². The average Bonchev–Trinajstić information content (AvgIpc) is 3.27. The van der Waals surface area contributed by atoms with Gasteiger partial charge in [-0.2, -0.15) is 9.61 Å². The van der Waals surface area contributed by atoms with E-state index in [4.69, 9.17) is 28.3 Å². The first kappa shape index (κ1) is 22.1. The highest BCUT2D eigenvalue weighted by Gasteiger charge is 2.23. The van der Waals surface area contributed by atoms with E-state index in [1.165, 1.54) is 4.52 Å². The predicted molar refractivity (Wildman–Crippen MR) is 134 cm³/mol. The van der Waals surface area contributed by atoms with Crippen LogP contribution in [0.25, 0.3) is 28.0 Å². The van der Waals surface area contributed by atoms with Crippen LogP contribution in [0.1, 0.15) is 16.2 Å². The second-order valence-corrected chi connectivity index (χ2v) is 8.68. The summed E-state index contributed by atoms with van der Waals surface area (Å²) in [5.74, 6) is -0.155. The van der Waals surface area contributed by atoms with Crippen LogP contribution in [0.5, 0.6) is 0 Å². The molecule has 0 saturated heterocycles. The molecule has 0 atom stereocenters. The van der Waals surface area contributed by atoms with E-state index in [2.05, 4.69) is 10.2 Å². The van der Waals surface area contributed by atoms with Gasteiger partial charge < -0.3 is 4.90 Å². The summed E-state index contributed by atoms with van der Waals surface area (Å²) in [4.78, 5) is 14.8. The minimum Gasteiger partial charge on any atom is -0.335 e. The van der Waals surface area contributed by atoms with Gasteiger partial charge in [-0.05, 0) is 35.4 Å². The predicted octanol–water partition coefficient (Wildman–Crippen LogP) is 6.04. The number of rotatable bonds is 5. The van der Waals surface area contributed by atoms with E-state index in [-0.39, 0.29) is 11.7 Å². The maximum Gasteiger partial charge on any atom is 0.293 e. The molecule has 0 N–H and O–H groups in total. The monoisotopic (exact) mass is 487 g/mol. The Morgan fingerprint density at radius 1 is 0.882 bits per heavy atom. The minimum absolute atomic E-state index is 0.129. The van der Waals surface area contributed by atoms with Crippen molar-refractivity contribution in [3.8, 4) is 22.4 Å². The van der Waals surface area contributed by atoms with E-state index in [0.29, 0.717) is 27.9 Å². The van der Waals surface area contributed by atoms with Gasteiger partial charge in [-0.25, -0.2) is 0 Å². The molecule has 8 heteroatoms. The number of carbonyl (C=O) groups excluding carboxylic acids is 1. The van der Waals surface area contributed by atoms with Crippen molar-refractivity contribution in [3.05, 3.63) is 106 Å². The number of amides is 1.